The van der Waals surface area contributed by atoms with Crippen LogP contribution in [-0.2, 0) is 0 Å². The average molecular weight is 385 g/mol. The van der Waals surface area contributed by atoms with Gasteiger partial charge in [-0.2, -0.15) is 5.10 Å². The second-order valence-corrected chi connectivity index (χ2v) is 6.96. The minimum Gasteiger partial charge on any atom is -0.339 e. The van der Waals surface area contributed by atoms with Gasteiger partial charge < -0.3 is 4.90 Å². The van der Waals surface area contributed by atoms with E-state index in [1.807, 2.05) is 23.4 Å². The molecule has 1 fully saturated rings. The summed E-state index contributed by atoms with van der Waals surface area (Å²) in [6.45, 7) is 1.31. The summed E-state index contributed by atoms with van der Waals surface area (Å²) in [7, 11) is 0. The molecule has 1 saturated heterocycles. The Bertz CT molecular complexity index is 966. The van der Waals surface area contributed by atoms with Crippen molar-refractivity contribution in [1.29, 1.82) is 0 Å². The lowest BCUT2D eigenvalue weighted by Gasteiger charge is -2.31. The van der Waals surface area contributed by atoms with Crippen molar-refractivity contribution < 1.29 is 9.18 Å². The average Bonchev–Trinajstić information content (AvgIpc) is 3.18. The van der Waals surface area contributed by atoms with Crippen LogP contribution in [0.5, 0.6) is 0 Å². The van der Waals surface area contributed by atoms with Gasteiger partial charge >= 0.3 is 0 Å². The van der Waals surface area contributed by atoms with Gasteiger partial charge in [0.1, 0.15) is 11.0 Å². The number of likely N-dealkylation sites (tertiary alicyclic amines) is 1. The molecule has 1 amide bonds. The zero-order chi connectivity index (χ0) is 18.8. The Morgan fingerprint density at radius 2 is 2.00 bits per heavy atom. The Morgan fingerprint density at radius 1 is 1.19 bits per heavy atom. The molecule has 27 heavy (non-hydrogen) atoms. The van der Waals surface area contributed by atoms with Crippen molar-refractivity contribution in [2.24, 2.45) is 0 Å². The van der Waals surface area contributed by atoms with Gasteiger partial charge in [-0.25, -0.2) is 14.1 Å². The van der Waals surface area contributed by atoms with Crippen LogP contribution in [0.15, 0.2) is 55.0 Å². The number of benzene rings is 1. The minimum absolute atomic E-state index is 0.0815. The number of carbonyl (C=O) groups excluding carboxylic acids is 1. The summed E-state index contributed by atoms with van der Waals surface area (Å²) in [5.74, 6) is -0.0480. The van der Waals surface area contributed by atoms with Gasteiger partial charge in [0.05, 0.1) is 17.4 Å². The number of piperidine rings is 1. The highest BCUT2D eigenvalue weighted by molar-refractivity contribution is 6.32. The Labute approximate surface area is 161 Å². The second kappa shape index (κ2) is 7.48. The maximum Gasteiger partial charge on any atom is 0.256 e. The van der Waals surface area contributed by atoms with Gasteiger partial charge in [0.15, 0.2) is 0 Å². The van der Waals surface area contributed by atoms with Gasteiger partial charge in [0, 0.05) is 25.5 Å². The van der Waals surface area contributed by atoms with Crippen molar-refractivity contribution in [1.82, 2.24) is 19.7 Å². The molecule has 1 aliphatic rings. The van der Waals surface area contributed by atoms with E-state index in [9.17, 15) is 9.18 Å². The first-order chi connectivity index (χ1) is 13.1. The standard InChI is InChI=1S/C20H18ClFN4O/c21-19-18(5-2-8-23-19)20(27)25-9-6-14(7-10-25)15-12-24-26(13-15)17-4-1-3-16(22)11-17/h1-5,8,11-14H,6-7,9-10H2. The highest BCUT2D eigenvalue weighted by Gasteiger charge is 2.26. The third kappa shape index (κ3) is 3.71. The first-order valence-electron chi connectivity index (χ1n) is 8.82. The summed E-state index contributed by atoms with van der Waals surface area (Å²) < 4.78 is 15.1. The first kappa shape index (κ1) is 17.7. The fraction of sp³-hybridized carbons (Fsp3) is 0.250. The zero-order valence-electron chi connectivity index (χ0n) is 14.6. The van der Waals surface area contributed by atoms with Crippen molar-refractivity contribution in [3.05, 3.63) is 77.1 Å². The smallest absolute Gasteiger partial charge is 0.256 e. The van der Waals surface area contributed by atoms with E-state index in [1.54, 1.807) is 29.1 Å². The van der Waals surface area contributed by atoms with Crippen molar-refractivity contribution in [3.63, 3.8) is 0 Å². The van der Waals surface area contributed by atoms with Crippen LogP contribution in [0.25, 0.3) is 5.69 Å². The summed E-state index contributed by atoms with van der Waals surface area (Å²) >= 11 is 6.04. The van der Waals surface area contributed by atoms with Gasteiger partial charge in [-0.1, -0.05) is 17.7 Å². The first-order valence-corrected chi connectivity index (χ1v) is 9.20. The van der Waals surface area contributed by atoms with Crippen LogP contribution in [0, 0.1) is 5.82 Å². The van der Waals surface area contributed by atoms with Crippen LogP contribution in [0.2, 0.25) is 5.15 Å². The highest BCUT2D eigenvalue weighted by Crippen LogP contribution is 2.29. The monoisotopic (exact) mass is 384 g/mol. The van der Waals surface area contributed by atoms with Crippen LogP contribution in [-0.4, -0.2) is 38.7 Å². The van der Waals surface area contributed by atoms with Crippen molar-refractivity contribution >= 4 is 17.5 Å². The van der Waals surface area contributed by atoms with Crippen molar-refractivity contribution in [2.45, 2.75) is 18.8 Å². The SMILES string of the molecule is O=C(c1cccnc1Cl)N1CCC(c2cnn(-c3cccc(F)c3)c2)CC1. The molecule has 0 saturated carbocycles. The molecule has 1 aliphatic heterocycles. The molecule has 0 N–H and O–H groups in total. The second-order valence-electron chi connectivity index (χ2n) is 6.61. The van der Waals surface area contributed by atoms with E-state index in [0.717, 1.165) is 18.4 Å². The van der Waals surface area contributed by atoms with Crippen LogP contribution in [0.1, 0.15) is 34.7 Å². The molecular formula is C20H18ClFN4O. The van der Waals surface area contributed by atoms with Gasteiger partial charge in [-0.15, -0.1) is 0 Å². The number of carbonyl (C=O) groups is 1. The number of hydrogen-bond donors (Lipinski definition) is 0. The quantitative estimate of drug-likeness (QED) is 0.639. The number of nitrogens with zero attached hydrogens (tertiary/aromatic N) is 4. The van der Waals surface area contributed by atoms with Gasteiger partial charge in [0.25, 0.3) is 5.91 Å². The molecule has 0 spiro atoms. The predicted octanol–water partition coefficient (Wildman–Crippen LogP) is 4.08. The van der Waals surface area contributed by atoms with E-state index in [1.165, 1.54) is 12.1 Å². The van der Waals surface area contributed by atoms with Crippen molar-refractivity contribution in [3.8, 4) is 5.69 Å². The predicted molar refractivity (Wildman–Crippen MR) is 101 cm³/mol. The molecule has 0 aliphatic carbocycles. The van der Waals surface area contributed by atoms with Crippen molar-refractivity contribution in [2.75, 3.05) is 13.1 Å². The summed E-state index contributed by atoms with van der Waals surface area (Å²) in [5.41, 5.74) is 2.24. The number of amides is 1. The van der Waals surface area contributed by atoms with Crippen LogP contribution >= 0.6 is 11.6 Å². The molecule has 1 aromatic carbocycles. The van der Waals surface area contributed by atoms with Crippen LogP contribution < -0.4 is 0 Å². The Hall–Kier alpha value is -2.73. The lowest BCUT2D eigenvalue weighted by atomic mass is 9.91. The summed E-state index contributed by atoms with van der Waals surface area (Å²) in [6, 6.07) is 9.77. The third-order valence-electron chi connectivity index (χ3n) is 4.92. The molecule has 3 heterocycles. The molecule has 0 bridgehead atoms. The van der Waals surface area contributed by atoms with Crippen LogP contribution in [0.3, 0.4) is 0 Å². The maximum absolute atomic E-state index is 13.4. The minimum atomic E-state index is -0.287. The molecule has 3 aromatic rings. The fourth-order valence-corrected chi connectivity index (χ4v) is 3.64. The molecule has 0 atom stereocenters. The molecule has 0 radical (unpaired) electrons. The molecular weight excluding hydrogens is 367 g/mol. The Balaban J connectivity index is 1.43. The van der Waals surface area contributed by atoms with E-state index >= 15 is 0 Å². The normalized spacial score (nSPS) is 15.1. The fourth-order valence-electron chi connectivity index (χ4n) is 3.44. The Kier molecular flexibility index (Phi) is 4.90. The number of hydrogen-bond acceptors (Lipinski definition) is 3. The number of rotatable bonds is 3. The van der Waals surface area contributed by atoms with E-state index < -0.39 is 0 Å². The highest BCUT2D eigenvalue weighted by atomic mass is 35.5. The summed E-state index contributed by atoms with van der Waals surface area (Å²) in [6.07, 6.45) is 7.03. The molecule has 5 nitrogen and oxygen atoms in total. The lowest BCUT2D eigenvalue weighted by Crippen LogP contribution is -2.38. The van der Waals surface area contributed by atoms with E-state index in [0.29, 0.717) is 30.3 Å². The van der Waals surface area contributed by atoms with Gasteiger partial charge in [-0.05, 0) is 54.7 Å². The van der Waals surface area contributed by atoms with E-state index in [4.69, 9.17) is 11.6 Å². The van der Waals surface area contributed by atoms with E-state index in [-0.39, 0.29) is 16.9 Å². The number of halogens is 2. The third-order valence-corrected chi connectivity index (χ3v) is 5.22. The molecule has 4 rings (SSSR count). The van der Waals surface area contributed by atoms with Gasteiger partial charge in [-0.3, -0.25) is 4.79 Å². The van der Waals surface area contributed by atoms with E-state index in [2.05, 4.69) is 10.1 Å². The molecule has 2 aromatic heterocycles. The summed E-state index contributed by atoms with van der Waals surface area (Å²) in [4.78, 5) is 18.4. The zero-order valence-corrected chi connectivity index (χ0v) is 15.3. The lowest BCUT2D eigenvalue weighted by molar-refractivity contribution is 0.0713. The maximum atomic E-state index is 13.4. The van der Waals surface area contributed by atoms with Crippen LogP contribution in [0.4, 0.5) is 4.39 Å². The molecule has 0 unspecified atom stereocenters. The van der Waals surface area contributed by atoms with Gasteiger partial charge in [0.2, 0.25) is 0 Å². The topological polar surface area (TPSA) is 51.0 Å². The molecule has 138 valence electrons. The number of pyridine rings is 1. The summed E-state index contributed by atoms with van der Waals surface area (Å²) in [5, 5.41) is 4.60. The molecule has 7 heteroatoms. The Morgan fingerprint density at radius 3 is 2.74 bits per heavy atom. The number of aromatic nitrogens is 3. The largest absolute Gasteiger partial charge is 0.339 e.